The molecule has 2 heterocycles. The predicted octanol–water partition coefficient (Wildman–Crippen LogP) is 2.40. The molecule has 0 spiro atoms. The first-order chi connectivity index (χ1) is 7.36. The Hall–Kier alpha value is -1.49. The van der Waals surface area contributed by atoms with Crippen molar-refractivity contribution in [3.63, 3.8) is 0 Å². The third kappa shape index (κ3) is 1.39. The van der Waals surface area contributed by atoms with Gasteiger partial charge in [-0.3, -0.25) is 0 Å². The average Bonchev–Trinajstić information content (AvgIpc) is 2.28. The molecule has 0 aromatic heterocycles. The van der Waals surface area contributed by atoms with Crippen LogP contribution in [0, 0.1) is 23.2 Å². The van der Waals surface area contributed by atoms with Crippen LogP contribution in [0.25, 0.3) is 0 Å². The van der Waals surface area contributed by atoms with Crippen LogP contribution in [0.1, 0.15) is 18.4 Å². The minimum Gasteiger partial charge on any atom is -0.370 e. The number of para-hydroxylation sites is 1. The van der Waals surface area contributed by atoms with Gasteiger partial charge in [0.2, 0.25) is 0 Å². The molecule has 2 heteroatoms. The normalized spacial score (nSPS) is 28.1. The van der Waals surface area contributed by atoms with Gasteiger partial charge in [0.1, 0.15) is 6.07 Å². The van der Waals surface area contributed by atoms with Crippen LogP contribution in [0.15, 0.2) is 24.3 Å². The summed E-state index contributed by atoms with van der Waals surface area (Å²) in [6.45, 7) is 2.30. The van der Waals surface area contributed by atoms with Crippen molar-refractivity contribution >= 4 is 5.69 Å². The maximum Gasteiger partial charge on any atom is 0.101 e. The minimum absolute atomic E-state index is 0.818. The van der Waals surface area contributed by atoms with Crippen LogP contribution in [0.3, 0.4) is 0 Å². The molecule has 3 aliphatic rings. The van der Waals surface area contributed by atoms with Gasteiger partial charge >= 0.3 is 0 Å². The van der Waals surface area contributed by atoms with E-state index in [0.717, 1.165) is 36.2 Å². The molecule has 2 saturated heterocycles. The molecule has 1 aromatic rings. The van der Waals surface area contributed by atoms with Crippen molar-refractivity contribution in [1.82, 2.24) is 0 Å². The number of rotatable bonds is 1. The third-order valence-electron chi connectivity index (χ3n) is 3.66. The van der Waals surface area contributed by atoms with E-state index in [-0.39, 0.29) is 0 Å². The molecule has 2 nitrogen and oxygen atoms in total. The zero-order valence-corrected chi connectivity index (χ0v) is 8.69. The number of fused-ring (bicyclic) bond motifs is 2. The molecular weight excluding hydrogens is 184 g/mol. The third-order valence-corrected chi connectivity index (χ3v) is 3.66. The second kappa shape index (κ2) is 3.27. The highest BCUT2D eigenvalue weighted by Gasteiger charge is 2.37. The van der Waals surface area contributed by atoms with E-state index in [2.05, 4.69) is 17.0 Å². The Bertz CT molecular complexity index is 403. The lowest BCUT2D eigenvalue weighted by Crippen LogP contribution is -2.48. The van der Waals surface area contributed by atoms with Gasteiger partial charge in [-0.25, -0.2) is 0 Å². The molecular formula is C13H14N2. The summed E-state index contributed by atoms with van der Waals surface area (Å²) in [5.74, 6) is 1.77. The van der Waals surface area contributed by atoms with Crippen LogP contribution in [-0.4, -0.2) is 13.1 Å². The Kier molecular flexibility index (Phi) is 1.92. The number of anilines is 1. The van der Waals surface area contributed by atoms with Crippen molar-refractivity contribution in [2.75, 3.05) is 18.0 Å². The zero-order chi connectivity index (χ0) is 10.3. The standard InChI is InChI=1S/C13H14N2/c14-7-12-3-1-2-4-13(12)15-8-10-5-11(6-10)9-15/h1-4,10-11H,5-6,8-9H2. The fourth-order valence-electron chi connectivity index (χ4n) is 2.91. The van der Waals surface area contributed by atoms with Crippen LogP contribution in [0.4, 0.5) is 5.69 Å². The van der Waals surface area contributed by atoms with E-state index in [1.165, 1.54) is 12.8 Å². The molecule has 0 N–H and O–H groups in total. The van der Waals surface area contributed by atoms with Gasteiger partial charge in [-0.05, 0) is 36.8 Å². The lowest BCUT2D eigenvalue weighted by molar-refractivity contribution is 0.159. The topological polar surface area (TPSA) is 27.0 Å². The molecule has 76 valence electrons. The largest absolute Gasteiger partial charge is 0.370 e. The molecule has 0 unspecified atom stereocenters. The van der Waals surface area contributed by atoms with Gasteiger partial charge in [-0.1, -0.05) is 12.1 Å². The fourth-order valence-corrected chi connectivity index (χ4v) is 2.91. The van der Waals surface area contributed by atoms with Crippen molar-refractivity contribution in [3.05, 3.63) is 29.8 Å². The second-order valence-electron chi connectivity index (χ2n) is 4.74. The van der Waals surface area contributed by atoms with E-state index in [9.17, 15) is 0 Å². The number of piperidine rings is 2. The van der Waals surface area contributed by atoms with Crippen molar-refractivity contribution in [2.45, 2.75) is 12.8 Å². The van der Waals surface area contributed by atoms with Gasteiger partial charge in [0, 0.05) is 13.1 Å². The summed E-state index contributed by atoms with van der Waals surface area (Å²) in [5, 5.41) is 9.05. The molecule has 0 atom stereocenters. The molecule has 1 saturated carbocycles. The molecule has 15 heavy (non-hydrogen) atoms. The summed E-state index contributed by atoms with van der Waals surface area (Å²) >= 11 is 0. The maximum atomic E-state index is 9.05. The Morgan fingerprint density at radius 1 is 1.13 bits per heavy atom. The van der Waals surface area contributed by atoms with Gasteiger partial charge in [-0.2, -0.15) is 5.26 Å². The predicted molar refractivity (Wildman–Crippen MR) is 59.6 cm³/mol. The van der Waals surface area contributed by atoms with E-state index < -0.39 is 0 Å². The second-order valence-corrected chi connectivity index (χ2v) is 4.74. The first-order valence-electron chi connectivity index (χ1n) is 5.61. The molecule has 0 amide bonds. The lowest BCUT2D eigenvalue weighted by atomic mass is 9.71. The van der Waals surface area contributed by atoms with Crippen LogP contribution in [0.5, 0.6) is 0 Å². The van der Waals surface area contributed by atoms with Gasteiger partial charge in [0.05, 0.1) is 11.3 Å². The van der Waals surface area contributed by atoms with E-state index in [1.807, 2.05) is 18.2 Å². The highest BCUT2D eigenvalue weighted by Crippen LogP contribution is 2.41. The maximum absolute atomic E-state index is 9.05. The average molecular weight is 198 g/mol. The van der Waals surface area contributed by atoms with Crippen LogP contribution in [-0.2, 0) is 0 Å². The molecule has 3 fully saturated rings. The molecule has 1 aromatic carbocycles. The molecule has 0 radical (unpaired) electrons. The summed E-state index contributed by atoms with van der Waals surface area (Å²) < 4.78 is 0. The summed E-state index contributed by atoms with van der Waals surface area (Å²) in [7, 11) is 0. The summed E-state index contributed by atoms with van der Waals surface area (Å²) in [6.07, 6.45) is 2.82. The monoisotopic (exact) mass is 198 g/mol. The molecule has 4 rings (SSSR count). The quantitative estimate of drug-likeness (QED) is 0.693. The highest BCUT2D eigenvalue weighted by molar-refractivity contribution is 5.59. The first-order valence-corrected chi connectivity index (χ1v) is 5.61. The van der Waals surface area contributed by atoms with Crippen molar-refractivity contribution in [1.29, 1.82) is 5.26 Å². The smallest absolute Gasteiger partial charge is 0.101 e. The number of nitriles is 1. The van der Waals surface area contributed by atoms with Crippen molar-refractivity contribution in [2.24, 2.45) is 11.8 Å². The Morgan fingerprint density at radius 2 is 1.80 bits per heavy atom. The Balaban J connectivity index is 1.89. The van der Waals surface area contributed by atoms with Gasteiger partial charge in [0.15, 0.2) is 0 Å². The van der Waals surface area contributed by atoms with Crippen molar-refractivity contribution < 1.29 is 0 Å². The van der Waals surface area contributed by atoms with E-state index >= 15 is 0 Å². The zero-order valence-electron chi connectivity index (χ0n) is 8.69. The minimum atomic E-state index is 0.818. The summed E-state index contributed by atoms with van der Waals surface area (Å²) in [6, 6.07) is 10.2. The van der Waals surface area contributed by atoms with Crippen LogP contribution in [0.2, 0.25) is 0 Å². The SMILES string of the molecule is N#Cc1ccccc1N1CC2CC(C2)C1. The Labute approximate surface area is 90.1 Å². The molecule has 2 aliphatic heterocycles. The van der Waals surface area contributed by atoms with E-state index in [0.29, 0.717) is 0 Å². The number of nitrogens with zero attached hydrogens (tertiary/aromatic N) is 2. The van der Waals surface area contributed by atoms with Crippen LogP contribution >= 0.6 is 0 Å². The van der Waals surface area contributed by atoms with E-state index in [1.54, 1.807) is 0 Å². The molecule has 2 bridgehead atoms. The fraction of sp³-hybridized carbons (Fsp3) is 0.462. The summed E-state index contributed by atoms with van der Waals surface area (Å²) in [4.78, 5) is 2.39. The molecule has 1 aliphatic carbocycles. The van der Waals surface area contributed by atoms with E-state index in [4.69, 9.17) is 5.26 Å². The summed E-state index contributed by atoms with van der Waals surface area (Å²) in [5.41, 5.74) is 1.95. The highest BCUT2D eigenvalue weighted by atomic mass is 15.2. The number of hydrogen-bond acceptors (Lipinski definition) is 2. The van der Waals surface area contributed by atoms with Gasteiger partial charge < -0.3 is 4.90 Å². The van der Waals surface area contributed by atoms with Crippen LogP contribution < -0.4 is 4.90 Å². The lowest BCUT2D eigenvalue weighted by Gasteiger charge is -2.48. The number of benzene rings is 1. The Morgan fingerprint density at radius 3 is 2.47 bits per heavy atom. The van der Waals surface area contributed by atoms with Crippen molar-refractivity contribution in [3.8, 4) is 6.07 Å². The van der Waals surface area contributed by atoms with Gasteiger partial charge in [0.25, 0.3) is 0 Å². The number of hydrogen-bond donors (Lipinski definition) is 0. The van der Waals surface area contributed by atoms with Gasteiger partial charge in [-0.15, -0.1) is 0 Å². The first kappa shape index (κ1) is 8.79.